The van der Waals surface area contributed by atoms with E-state index in [0.29, 0.717) is 9.48 Å². The number of amides is 1. The van der Waals surface area contributed by atoms with E-state index < -0.39 is 11.7 Å². The molecule has 0 aliphatic heterocycles. The molecule has 3 rings (SSSR count). The Labute approximate surface area is 150 Å². The summed E-state index contributed by atoms with van der Waals surface area (Å²) in [5, 5.41) is 4.88. The summed E-state index contributed by atoms with van der Waals surface area (Å²) in [6, 6.07) is 11.8. The lowest BCUT2D eigenvalue weighted by molar-refractivity contribution is 0.102. The lowest BCUT2D eigenvalue weighted by Gasteiger charge is -2.05. The SMILES string of the molecule is COc1ccc(-c2nc(C(=O)Nc3ccc(Br)cc3F)cs2)cc1. The second-order valence-electron chi connectivity index (χ2n) is 4.84. The molecule has 1 N–H and O–H groups in total. The number of hydrogen-bond acceptors (Lipinski definition) is 4. The zero-order chi connectivity index (χ0) is 17.1. The topological polar surface area (TPSA) is 51.2 Å². The normalized spacial score (nSPS) is 10.5. The Morgan fingerprint density at radius 1 is 1.25 bits per heavy atom. The van der Waals surface area contributed by atoms with E-state index in [1.165, 1.54) is 23.5 Å². The molecule has 0 fully saturated rings. The van der Waals surface area contributed by atoms with Crippen LogP contribution in [0.1, 0.15) is 10.5 Å². The number of benzene rings is 2. The van der Waals surface area contributed by atoms with Crippen LogP contribution in [0, 0.1) is 5.82 Å². The van der Waals surface area contributed by atoms with Gasteiger partial charge in [0.25, 0.3) is 5.91 Å². The number of carbonyl (C=O) groups is 1. The first-order valence-corrected chi connectivity index (χ1v) is 8.60. The summed E-state index contributed by atoms with van der Waals surface area (Å²) in [6.45, 7) is 0. The van der Waals surface area contributed by atoms with Gasteiger partial charge in [-0.15, -0.1) is 11.3 Å². The molecule has 0 unspecified atom stereocenters. The van der Waals surface area contributed by atoms with Crippen LogP contribution in [0.15, 0.2) is 52.3 Å². The minimum Gasteiger partial charge on any atom is -0.497 e. The van der Waals surface area contributed by atoms with Gasteiger partial charge in [-0.05, 0) is 42.5 Å². The molecule has 0 spiro atoms. The lowest BCUT2D eigenvalue weighted by atomic mass is 10.2. The van der Waals surface area contributed by atoms with Crippen LogP contribution < -0.4 is 10.1 Å². The van der Waals surface area contributed by atoms with E-state index in [1.807, 2.05) is 24.3 Å². The molecule has 122 valence electrons. The van der Waals surface area contributed by atoms with Crippen molar-refractivity contribution in [1.82, 2.24) is 4.98 Å². The summed E-state index contributed by atoms with van der Waals surface area (Å²) in [5.41, 5.74) is 1.24. The van der Waals surface area contributed by atoms with Gasteiger partial charge in [-0.1, -0.05) is 15.9 Å². The molecule has 2 aromatic carbocycles. The molecule has 0 saturated heterocycles. The first-order valence-electron chi connectivity index (χ1n) is 6.93. The minimum absolute atomic E-state index is 0.113. The quantitative estimate of drug-likeness (QED) is 0.664. The molecule has 1 amide bonds. The van der Waals surface area contributed by atoms with Crippen LogP contribution in [0.5, 0.6) is 5.75 Å². The van der Waals surface area contributed by atoms with Gasteiger partial charge in [-0.3, -0.25) is 4.79 Å². The van der Waals surface area contributed by atoms with Crippen molar-refractivity contribution in [3.05, 3.63) is 63.8 Å². The van der Waals surface area contributed by atoms with Gasteiger partial charge in [-0.25, -0.2) is 9.37 Å². The number of carbonyl (C=O) groups excluding carboxylic acids is 1. The maximum absolute atomic E-state index is 13.8. The number of thiazole rings is 1. The average Bonchev–Trinajstić information content (AvgIpc) is 3.07. The Morgan fingerprint density at radius 3 is 2.67 bits per heavy atom. The molecule has 1 aromatic heterocycles. The van der Waals surface area contributed by atoms with Crippen molar-refractivity contribution in [3.8, 4) is 16.3 Å². The second kappa shape index (κ2) is 7.11. The third kappa shape index (κ3) is 3.63. The fraction of sp³-hybridized carbons (Fsp3) is 0.0588. The van der Waals surface area contributed by atoms with E-state index in [2.05, 4.69) is 26.2 Å². The van der Waals surface area contributed by atoms with Crippen molar-refractivity contribution < 1.29 is 13.9 Å². The molecular weight excluding hydrogens is 395 g/mol. The Morgan fingerprint density at radius 2 is 2.00 bits per heavy atom. The smallest absolute Gasteiger partial charge is 0.275 e. The van der Waals surface area contributed by atoms with Crippen LogP contribution in [0.3, 0.4) is 0 Å². The highest BCUT2D eigenvalue weighted by Crippen LogP contribution is 2.26. The molecule has 4 nitrogen and oxygen atoms in total. The summed E-state index contributed by atoms with van der Waals surface area (Å²) in [5.74, 6) is -0.213. The number of nitrogens with one attached hydrogen (secondary N) is 1. The Bertz CT molecular complexity index is 881. The van der Waals surface area contributed by atoms with Crippen LogP contribution in [-0.4, -0.2) is 18.0 Å². The number of ether oxygens (including phenoxy) is 1. The number of aromatic nitrogens is 1. The summed E-state index contributed by atoms with van der Waals surface area (Å²) < 4.78 is 19.5. The van der Waals surface area contributed by atoms with Gasteiger partial charge in [0, 0.05) is 15.4 Å². The second-order valence-corrected chi connectivity index (χ2v) is 6.62. The maximum Gasteiger partial charge on any atom is 0.275 e. The van der Waals surface area contributed by atoms with E-state index in [-0.39, 0.29) is 11.4 Å². The highest BCUT2D eigenvalue weighted by molar-refractivity contribution is 9.10. The Kier molecular flexibility index (Phi) is 4.92. The third-order valence-corrected chi connectivity index (χ3v) is 4.64. The summed E-state index contributed by atoms with van der Waals surface area (Å²) in [4.78, 5) is 16.5. The molecule has 1 heterocycles. The number of anilines is 1. The highest BCUT2D eigenvalue weighted by Gasteiger charge is 2.14. The molecule has 0 bridgehead atoms. The molecule has 7 heteroatoms. The molecular formula is C17H12BrFN2O2S. The minimum atomic E-state index is -0.511. The standard InChI is InChI=1S/C17H12BrFN2O2S/c1-23-12-5-2-10(3-6-12)17-21-15(9-24-17)16(22)20-14-7-4-11(18)8-13(14)19/h2-9H,1H3,(H,20,22). The zero-order valence-corrected chi connectivity index (χ0v) is 14.9. The molecule has 0 radical (unpaired) electrons. The lowest BCUT2D eigenvalue weighted by Crippen LogP contribution is -2.13. The predicted octanol–water partition coefficient (Wildman–Crippen LogP) is 4.97. The Balaban J connectivity index is 1.77. The fourth-order valence-corrected chi connectivity index (χ4v) is 3.16. The zero-order valence-electron chi connectivity index (χ0n) is 12.5. The largest absolute Gasteiger partial charge is 0.497 e. The number of nitrogens with zero attached hydrogens (tertiary/aromatic N) is 1. The highest BCUT2D eigenvalue weighted by atomic mass is 79.9. The Hall–Kier alpha value is -2.25. The van der Waals surface area contributed by atoms with Crippen molar-refractivity contribution in [2.24, 2.45) is 0 Å². The number of halogens is 2. The van der Waals surface area contributed by atoms with Crippen molar-refractivity contribution in [3.63, 3.8) is 0 Å². The summed E-state index contributed by atoms with van der Waals surface area (Å²) >= 11 is 4.52. The molecule has 0 saturated carbocycles. The van der Waals surface area contributed by atoms with E-state index in [9.17, 15) is 9.18 Å². The van der Waals surface area contributed by atoms with Crippen LogP contribution >= 0.6 is 27.3 Å². The average molecular weight is 407 g/mol. The van der Waals surface area contributed by atoms with Crippen LogP contribution in [0.25, 0.3) is 10.6 Å². The van der Waals surface area contributed by atoms with Crippen molar-refractivity contribution in [2.45, 2.75) is 0 Å². The maximum atomic E-state index is 13.8. The number of methoxy groups -OCH3 is 1. The van der Waals surface area contributed by atoms with Crippen molar-refractivity contribution in [2.75, 3.05) is 12.4 Å². The van der Waals surface area contributed by atoms with E-state index >= 15 is 0 Å². The van der Waals surface area contributed by atoms with Gasteiger partial charge in [0.05, 0.1) is 12.8 Å². The predicted molar refractivity (Wildman–Crippen MR) is 96.2 cm³/mol. The molecule has 0 aliphatic rings. The van der Waals surface area contributed by atoms with Crippen molar-refractivity contribution >= 4 is 38.9 Å². The molecule has 0 aliphatic carbocycles. The van der Waals surface area contributed by atoms with E-state index in [1.54, 1.807) is 18.6 Å². The van der Waals surface area contributed by atoms with E-state index in [4.69, 9.17) is 4.74 Å². The van der Waals surface area contributed by atoms with Gasteiger partial charge < -0.3 is 10.1 Å². The van der Waals surface area contributed by atoms with Gasteiger partial charge >= 0.3 is 0 Å². The monoisotopic (exact) mass is 406 g/mol. The number of hydrogen-bond donors (Lipinski definition) is 1. The summed E-state index contributed by atoms with van der Waals surface area (Å²) in [6.07, 6.45) is 0. The van der Waals surface area contributed by atoms with Gasteiger partial charge in [0.1, 0.15) is 22.3 Å². The fourth-order valence-electron chi connectivity index (χ4n) is 2.02. The van der Waals surface area contributed by atoms with Gasteiger partial charge in [0.15, 0.2) is 0 Å². The van der Waals surface area contributed by atoms with Crippen LogP contribution in [0.4, 0.5) is 10.1 Å². The number of rotatable bonds is 4. The van der Waals surface area contributed by atoms with Crippen LogP contribution in [0.2, 0.25) is 0 Å². The van der Waals surface area contributed by atoms with Crippen LogP contribution in [-0.2, 0) is 0 Å². The first kappa shape index (κ1) is 16.6. The molecule has 3 aromatic rings. The van der Waals surface area contributed by atoms with E-state index in [0.717, 1.165) is 11.3 Å². The summed E-state index contributed by atoms with van der Waals surface area (Å²) in [7, 11) is 1.60. The van der Waals surface area contributed by atoms with Gasteiger partial charge in [0.2, 0.25) is 0 Å². The first-order chi connectivity index (χ1) is 11.6. The molecule has 0 atom stereocenters. The van der Waals surface area contributed by atoms with Gasteiger partial charge in [-0.2, -0.15) is 0 Å². The third-order valence-electron chi connectivity index (χ3n) is 3.25. The van der Waals surface area contributed by atoms with Crippen molar-refractivity contribution in [1.29, 1.82) is 0 Å². The molecule has 24 heavy (non-hydrogen) atoms.